The maximum atomic E-state index is 13.9. The molecule has 4 aromatic rings. The third-order valence-electron chi connectivity index (χ3n) is 4.93. The minimum atomic E-state index is -4.81. The highest BCUT2D eigenvalue weighted by molar-refractivity contribution is 7.09. The third-order valence-corrected chi connectivity index (χ3v) is 5.95. The predicted molar refractivity (Wildman–Crippen MR) is 125 cm³/mol. The van der Waals surface area contributed by atoms with Crippen molar-refractivity contribution in [3.63, 3.8) is 0 Å². The Morgan fingerprint density at radius 3 is 2.41 bits per heavy atom. The second-order valence-electron chi connectivity index (χ2n) is 7.45. The number of benzene rings is 2. The zero-order valence-corrected chi connectivity index (χ0v) is 19.5. The summed E-state index contributed by atoms with van der Waals surface area (Å²) in [6.45, 7) is 3.59. The highest BCUT2D eigenvalue weighted by Gasteiger charge is 2.39. The van der Waals surface area contributed by atoms with E-state index >= 15 is 0 Å². The molecule has 6 nitrogen and oxygen atoms in total. The Balaban J connectivity index is 1.80. The molecular weight excluding hydrogens is 489 g/mol. The lowest BCUT2D eigenvalue weighted by Crippen LogP contribution is -2.14. The number of anilines is 1. The van der Waals surface area contributed by atoms with Crippen LogP contribution in [0.15, 0.2) is 41.8 Å². The number of aromatic nitrogens is 3. The Hall–Kier alpha value is -3.37. The summed E-state index contributed by atoms with van der Waals surface area (Å²) in [4.78, 5) is 11.7. The Labute approximate surface area is 201 Å². The van der Waals surface area contributed by atoms with Gasteiger partial charge >= 0.3 is 6.18 Å². The number of hydrogen-bond acceptors (Lipinski definition) is 7. The standard InChI is InChI=1S/C23H18ClF3N4O2S/c1-11-7-15(17(32)8-18(11)33-9-13-3-5-14(24)6-4-13)20-19(16-10-34-12(2)29-16)21(23(25,26)27)31-22(28)30-20/h3-8,10,32H,9H2,1-2H3,(H2,28,30,31). The number of halogens is 4. The van der Waals surface area contributed by atoms with Gasteiger partial charge in [0.25, 0.3) is 0 Å². The van der Waals surface area contributed by atoms with E-state index in [4.69, 9.17) is 22.1 Å². The fraction of sp³-hybridized carbons (Fsp3) is 0.174. The molecule has 0 unspecified atom stereocenters. The normalized spacial score (nSPS) is 11.6. The van der Waals surface area contributed by atoms with E-state index in [0.717, 1.165) is 5.56 Å². The number of nitrogen functional groups attached to an aromatic ring is 1. The van der Waals surface area contributed by atoms with Crippen molar-refractivity contribution in [3.8, 4) is 34.0 Å². The number of ether oxygens (including phenoxy) is 1. The number of aryl methyl sites for hydroxylation is 2. The average molecular weight is 507 g/mol. The van der Waals surface area contributed by atoms with E-state index in [1.54, 1.807) is 38.1 Å². The van der Waals surface area contributed by atoms with Gasteiger partial charge < -0.3 is 15.6 Å². The van der Waals surface area contributed by atoms with E-state index in [0.29, 0.717) is 21.3 Å². The molecule has 34 heavy (non-hydrogen) atoms. The summed E-state index contributed by atoms with van der Waals surface area (Å²) in [5.74, 6) is -0.533. The van der Waals surface area contributed by atoms with E-state index in [2.05, 4.69) is 15.0 Å². The lowest BCUT2D eigenvalue weighted by Gasteiger charge is -2.17. The highest BCUT2D eigenvalue weighted by atomic mass is 35.5. The summed E-state index contributed by atoms with van der Waals surface area (Å²) >= 11 is 7.08. The van der Waals surface area contributed by atoms with Crippen LogP contribution in [0.5, 0.6) is 11.5 Å². The number of thiazole rings is 1. The van der Waals surface area contributed by atoms with E-state index in [1.165, 1.54) is 28.8 Å². The van der Waals surface area contributed by atoms with Crippen LogP contribution >= 0.6 is 22.9 Å². The van der Waals surface area contributed by atoms with Crippen molar-refractivity contribution >= 4 is 28.9 Å². The van der Waals surface area contributed by atoms with Crippen LogP contribution < -0.4 is 10.5 Å². The first-order chi connectivity index (χ1) is 16.0. The van der Waals surface area contributed by atoms with Gasteiger partial charge in [0.1, 0.15) is 18.1 Å². The molecule has 0 aliphatic heterocycles. The van der Waals surface area contributed by atoms with Gasteiger partial charge in [0.15, 0.2) is 5.69 Å². The van der Waals surface area contributed by atoms with Crippen LogP contribution in [0.2, 0.25) is 5.02 Å². The van der Waals surface area contributed by atoms with Crippen molar-refractivity contribution in [1.82, 2.24) is 15.0 Å². The maximum absolute atomic E-state index is 13.9. The second-order valence-corrected chi connectivity index (χ2v) is 8.95. The summed E-state index contributed by atoms with van der Waals surface area (Å²) in [7, 11) is 0. The van der Waals surface area contributed by atoms with Crippen molar-refractivity contribution in [2.75, 3.05) is 5.73 Å². The molecule has 0 radical (unpaired) electrons. The van der Waals surface area contributed by atoms with Gasteiger partial charge in [-0.3, -0.25) is 0 Å². The molecule has 2 aromatic heterocycles. The molecule has 2 aromatic carbocycles. The molecule has 176 valence electrons. The lowest BCUT2D eigenvalue weighted by molar-refractivity contribution is -0.140. The number of phenolic OH excluding ortho intramolecular Hbond substituents is 1. The Kier molecular flexibility index (Phi) is 6.37. The molecule has 0 fully saturated rings. The molecule has 0 amide bonds. The lowest BCUT2D eigenvalue weighted by atomic mass is 9.99. The molecule has 0 atom stereocenters. The van der Waals surface area contributed by atoms with Crippen LogP contribution in [0.1, 0.15) is 21.8 Å². The summed E-state index contributed by atoms with van der Waals surface area (Å²) in [5, 5.41) is 13.4. The van der Waals surface area contributed by atoms with Gasteiger partial charge in [0.05, 0.1) is 22.0 Å². The van der Waals surface area contributed by atoms with Crippen LogP contribution in [0.4, 0.5) is 19.1 Å². The van der Waals surface area contributed by atoms with Gasteiger partial charge in [-0.25, -0.2) is 15.0 Å². The van der Waals surface area contributed by atoms with Crippen LogP contribution in [0.3, 0.4) is 0 Å². The first-order valence-electron chi connectivity index (χ1n) is 9.91. The Bertz CT molecular complexity index is 1360. The zero-order chi connectivity index (χ0) is 24.6. The van der Waals surface area contributed by atoms with Crippen molar-refractivity contribution < 1.29 is 23.0 Å². The average Bonchev–Trinajstić information content (AvgIpc) is 3.19. The van der Waals surface area contributed by atoms with Crippen molar-refractivity contribution in [3.05, 3.63) is 68.6 Å². The van der Waals surface area contributed by atoms with Crippen LogP contribution in [-0.2, 0) is 12.8 Å². The van der Waals surface area contributed by atoms with E-state index in [1.807, 2.05) is 0 Å². The minimum absolute atomic E-state index is 0.0462. The zero-order valence-electron chi connectivity index (χ0n) is 17.9. The largest absolute Gasteiger partial charge is 0.507 e. The van der Waals surface area contributed by atoms with E-state index in [-0.39, 0.29) is 34.9 Å². The molecule has 0 aliphatic carbocycles. The van der Waals surface area contributed by atoms with Gasteiger partial charge in [-0.2, -0.15) is 13.2 Å². The number of hydrogen-bond donors (Lipinski definition) is 2. The van der Waals surface area contributed by atoms with Crippen molar-refractivity contribution in [1.29, 1.82) is 0 Å². The Morgan fingerprint density at radius 1 is 1.09 bits per heavy atom. The first kappa shape index (κ1) is 23.8. The molecule has 3 N–H and O–H groups in total. The smallest absolute Gasteiger partial charge is 0.434 e. The predicted octanol–water partition coefficient (Wildman–Crippen LogP) is 6.42. The number of nitrogens with zero attached hydrogens (tertiary/aromatic N) is 3. The van der Waals surface area contributed by atoms with Crippen LogP contribution in [-0.4, -0.2) is 20.1 Å². The monoisotopic (exact) mass is 506 g/mol. The van der Waals surface area contributed by atoms with Gasteiger partial charge in [-0.1, -0.05) is 23.7 Å². The van der Waals surface area contributed by atoms with Crippen molar-refractivity contribution in [2.24, 2.45) is 0 Å². The quantitative estimate of drug-likeness (QED) is 0.324. The van der Waals surface area contributed by atoms with Crippen LogP contribution in [0, 0.1) is 13.8 Å². The topological polar surface area (TPSA) is 94.2 Å². The third kappa shape index (κ3) is 4.92. The van der Waals surface area contributed by atoms with Crippen molar-refractivity contribution in [2.45, 2.75) is 26.6 Å². The highest BCUT2D eigenvalue weighted by Crippen LogP contribution is 2.44. The van der Waals surface area contributed by atoms with E-state index in [9.17, 15) is 18.3 Å². The number of aromatic hydroxyl groups is 1. The minimum Gasteiger partial charge on any atom is -0.507 e. The molecule has 0 bridgehead atoms. The molecule has 0 aliphatic rings. The Morgan fingerprint density at radius 2 is 1.79 bits per heavy atom. The maximum Gasteiger partial charge on any atom is 0.434 e. The molecule has 0 spiro atoms. The summed E-state index contributed by atoms with van der Waals surface area (Å²) in [6.07, 6.45) is -4.81. The molecule has 0 saturated heterocycles. The molecule has 11 heteroatoms. The SMILES string of the molecule is Cc1nc(-c2c(-c3cc(C)c(OCc4ccc(Cl)cc4)cc3O)nc(N)nc2C(F)(F)F)cs1. The summed E-state index contributed by atoms with van der Waals surface area (Å²) in [6, 6.07) is 9.90. The first-order valence-corrected chi connectivity index (χ1v) is 11.2. The number of nitrogens with two attached hydrogens (primary N) is 1. The fourth-order valence-electron chi connectivity index (χ4n) is 3.36. The molecule has 0 saturated carbocycles. The fourth-order valence-corrected chi connectivity index (χ4v) is 4.09. The van der Waals surface area contributed by atoms with Gasteiger partial charge in [-0.05, 0) is 43.2 Å². The number of rotatable bonds is 5. The second kappa shape index (κ2) is 9.11. The van der Waals surface area contributed by atoms with Gasteiger partial charge in [0.2, 0.25) is 5.95 Å². The molecule has 2 heterocycles. The number of alkyl halides is 3. The summed E-state index contributed by atoms with van der Waals surface area (Å²) in [5.41, 5.74) is 5.42. The van der Waals surface area contributed by atoms with Gasteiger partial charge in [-0.15, -0.1) is 11.3 Å². The molecule has 4 rings (SSSR count). The summed E-state index contributed by atoms with van der Waals surface area (Å²) < 4.78 is 47.5. The van der Waals surface area contributed by atoms with E-state index < -0.39 is 17.8 Å². The molecular formula is C23H18ClF3N4O2S. The van der Waals surface area contributed by atoms with Gasteiger partial charge in [0, 0.05) is 22.0 Å². The van der Waals surface area contributed by atoms with Crippen LogP contribution in [0.25, 0.3) is 22.5 Å². The number of phenols is 1.